The summed E-state index contributed by atoms with van der Waals surface area (Å²) in [4.78, 5) is 0. The van der Waals surface area contributed by atoms with E-state index in [0.717, 1.165) is 22.7 Å². The van der Waals surface area contributed by atoms with Gasteiger partial charge < -0.3 is 14.8 Å². The van der Waals surface area contributed by atoms with Crippen molar-refractivity contribution in [3.63, 3.8) is 0 Å². The molecule has 0 saturated heterocycles. The van der Waals surface area contributed by atoms with Crippen LogP contribution >= 0.6 is 0 Å². The highest BCUT2D eigenvalue weighted by Gasteiger charge is 2.07. The lowest BCUT2D eigenvalue weighted by Crippen LogP contribution is -2.23. The first-order valence-electron chi connectivity index (χ1n) is 8.93. The molecule has 0 aliphatic carbocycles. The molecule has 3 heteroatoms. The minimum atomic E-state index is 0.0407. The molecule has 0 aromatic heterocycles. The summed E-state index contributed by atoms with van der Waals surface area (Å²) in [5, 5.41) is 3.43. The first-order chi connectivity index (χ1) is 12.7. The van der Waals surface area contributed by atoms with E-state index < -0.39 is 0 Å². The first kappa shape index (κ1) is 17.9. The van der Waals surface area contributed by atoms with Crippen LogP contribution in [0.15, 0.2) is 78.9 Å². The summed E-state index contributed by atoms with van der Waals surface area (Å²) >= 11 is 0. The molecule has 0 amide bonds. The summed E-state index contributed by atoms with van der Waals surface area (Å²) in [6.07, 6.45) is 0.0407. The van der Waals surface area contributed by atoms with Gasteiger partial charge in [-0.15, -0.1) is 0 Å². The first-order valence-corrected chi connectivity index (χ1v) is 8.93. The van der Waals surface area contributed by atoms with Gasteiger partial charge in [0, 0.05) is 0 Å². The molecule has 1 N–H and O–H groups in total. The number of anilines is 1. The fraction of sp³-hybridized carbons (Fsp3) is 0.217. The number of hydrogen-bond acceptors (Lipinski definition) is 3. The van der Waals surface area contributed by atoms with Crippen molar-refractivity contribution in [2.45, 2.75) is 26.6 Å². The van der Waals surface area contributed by atoms with Crippen LogP contribution in [0.3, 0.4) is 0 Å². The van der Waals surface area contributed by atoms with Crippen molar-refractivity contribution in [1.82, 2.24) is 0 Å². The highest BCUT2D eigenvalue weighted by atomic mass is 16.5. The zero-order valence-corrected chi connectivity index (χ0v) is 15.3. The predicted molar refractivity (Wildman–Crippen MR) is 107 cm³/mol. The zero-order valence-electron chi connectivity index (χ0n) is 15.3. The lowest BCUT2D eigenvalue weighted by molar-refractivity contribution is 0.234. The van der Waals surface area contributed by atoms with Crippen LogP contribution in [0.2, 0.25) is 0 Å². The maximum absolute atomic E-state index is 5.99. The van der Waals surface area contributed by atoms with E-state index in [0.29, 0.717) is 13.2 Å². The maximum atomic E-state index is 5.99. The van der Waals surface area contributed by atoms with Crippen LogP contribution in [0.5, 0.6) is 11.5 Å². The Bertz CT molecular complexity index is 817. The van der Waals surface area contributed by atoms with Crippen molar-refractivity contribution >= 4 is 5.69 Å². The van der Waals surface area contributed by atoms with E-state index in [2.05, 4.69) is 37.4 Å². The topological polar surface area (TPSA) is 30.5 Å². The number of nitrogens with one attached hydrogen (secondary N) is 1. The van der Waals surface area contributed by atoms with Gasteiger partial charge in [-0.2, -0.15) is 0 Å². The van der Waals surface area contributed by atoms with Crippen molar-refractivity contribution in [3.05, 3.63) is 90.0 Å². The average molecular weight is 347 g/mol. The normalized spacial score (nSPS) is 11.6. The van der Waals surface area contributed by atoms with Gasteiger partial charge in [-0.25, -0.2) is 0 Å². The summed E-state index contributed by atoms with van der Waals surface area (Å²) in [6, 6.07) is 26.3. The van der Waals surface area contributed by atoms with E-state index >= 15 is 0 Å². The van der Waals surface area contributed by atoms with Crippen LogP contribution in [0, 0.1) is 6.92 Å². The minimum Gasteiger partial charge on any atom is -0.489 e. The number of para-hydroxylation sites is 2. The van der Waals surface area contributed by atoms with E-state index in [1.54, 1.807) is 0 Å². The largest absolute Gasteiger partial charge is 0.489 e. The van der Waals surface area contributed by atoms with Crippen LogP contribution in [0.1, 0.15) is 18.1 Å². The third kappa shape index (κ3) is 5.28. The molecule has 3 rings (SSSR count). The van der Waals surface area contributed by atoms with Crippen molar-refractivity contribution in [2.24, 2.45) is 0 Å². The predicted octanol–water partition coefficient (Wildman–Crippen LogP) is 5.45. The molecule has 0 aliphatic heterocycles. The van der Waals surface area contributed by atoms with E-state index in [1.807, 2.05) is 60.7 Å². The second-order valence-electron chi connectivity index (χ2n) is 6.40. The Kier molecular flexibility index (Phi) is 6.15. The molecule has 1 atom stereocenters. The van der Waals surface area contributed by atoms with Gasteiger partial charge in [-0.05, 0) is 49.2 Å². The summed E-state index contributed by atoms with van der Waals surface area (Å²) in [7, 11) is 0. The average Bonchev–Trinajstić information content (AvgIpc) is 2.66. The quantitative estimate of drug-likeness (QED) is 0.587. The highest BCUT2D eigenvalue weighted by molar-refractivity contribution is 5.56. The maximum Gasteiger partial charge on any atom is 0.142 e. The lowest BCUT2D eigenvalue weighted by atomic mass is 10.2. The van der Waals surface area contributed by atoms with Crippen LogP contribution < -0.4 is 14.8 Å². The summed E-state index contributed by atoms with van der Waals surface area (Å²) < 4.78 is 12.0. The lowest BCUT2D eigenvalue weighted by Gasteiger charge is -2.18. The number of benzene rings is 3. The van der Waals surface area contributed by atoms with Crippen LogP contribution in [0.25, 0.3) is 0 Å². The van der Waals surface area contributed by atoms with Gasteiger partial charge in [0.05, 0.1) is 12.2 Å². The molecular formula is C23H25NO2. The molecule has 3 aromatic rings. The van der Waals surface area contributed by atoms with E-state index in [-0.39, 0.29) is 6.10 Å². The summed E-state index contributed by atoms with van der Waals surface area (Å²) in [5.74, 6) is 1.74. The van der Waals surface area contributed by atoms with Gasteiger partial charge in [0.1, 0.15) is 24.2 Å². The van der Waals surface area contributed by atoms with Gasteiger partial charge in [-0.3, -0.25) is 0 Å². The van der Waals surface area contributed by atoms with Crippen molar-refractivity contribution in [3.8, 4) is 11.5 Å². The van der Waals surface area contributed by atoms with Crippen molar-refractivity contribution in [2.75, 3.05) is 11.9 Å². The Morgan fingerprint density at radius 2 is 1.65 bits per heavy atom. The molecule has 0 spiro atoms. The Balaban J connectivity index is 1.56. The Morgan fingerprint density at radius 1 is 0.885 bits per heavy atom. The monoisotopic (exact) mass is 347 g/mol. The molecule has 0 bridgehead atoms. The van der Waals surface area contributed by atoms with E-state index in [4.69, 9.17) is 9.47 Å². The fourth-order valence-electron chi connectivity index (χ4n) is 2.69. The van der Waals surface area contributed by atoms with Gasteiger partial charge in [0.2, 0.25) is 0 Å². The van der Waals surface area contributed by atoms with Gasteiger partial charge in [-0.1, -0.05) is 54.6 Å². The van der Waals surface area contributed by atoms with Crippen LogP contribution in [-0.4, -0.2) is 12.6 Å². The van der Waals surface area contributed by atoms with Gasteiger partial charge >= 0.3 is 0 Å². The Hall–Kier alpha value is -2.94. The number of ether oxygens (including phenoxy) is 2. The second-order valence-corrected chi connectivity index (χ2v) is 6.40. The number of rotatable bonds is 8. The van der Waals surface area contributed by atoms with Crippen molar-refractivity contribution in [1.29, 1.82) is 0 Å². The standard InChI is InChI=1S/C23H25NO2/c1-18-9-8-12-21(15-18)26-19(2)16-24-22-13-6-7-14-23(22)25-17-20-10-4-3-5-11-20/h3-15,19,24H,16-17H2,1-2H3. The molecule has 3 nitrogen and oxygen atoms in total. The molecule has 26 heavy (non-hydrogen) atoms. The molecule has 0 fully saturated rings. The molecule has 1 unspecified atom stereocenters. The van der Waals surface area contributed by atoms with Gasteiger partial charge in [0.25, 0.3) is 0 Å². The Labute approximate surface area is 155 Å². The third-order valence-electron chi connectivity index (χ3n) is 4.03. The van der Waals surface area contributed by atoms with Crippen LogP contribution in [0.4, 0.5) is 5.69 Å². The molecule has 0 radical (unpaired) electrons. The van der Waals surface area contributed by atoms with Crippen molar-refractivity contribution < 1.29 is 9.47 Å². The number of hydrogen-bond donors (Lipinski definition) is 1. The van der Waals surface area contributed by atoms with Gasteiger partial charge in [0.15, 0.2) is 0 Å². The highest BCUT2D eigenvalue weighted by Crippen LogP contribution is 2.25. The molecule has 0 aliphatic rings. The van der Waals surface area contributed by atoms with Crippen LogP contribution in [-0.2, 0) is 6.61 Å². The number of aryl methyl sites for hydroxylation is 1. The zero-order chi connectivity index (χ0) is 18.2. The molecule has 134 valence electrons. The molecular weight excluding hydrogens is 322 g/mol. The summed E-state index contributed by atoms with van der Waals surface area (Å²) in [6.45, 7) is 5.37. The molecule has 3 aromatic carbocycles. The minimum absolute atomic E-state index is 0.0407. The third-order valence-corrected chi connectivity index (χ3v) is 4.03. The smallest absolute Gasteiger partial charge is 0.142 e. The van der Waals surface area contributed by atoms with E-state index in [1.165, 1.54) is 5.56 Å². The van der Waals surface area contributed by atoms with E-state index in [9.17, 15) is 0 Å². The molecule has 0 heterocycles. The molecule has 0 saturated carbocycles. The fourth-order valence-corrected chi connectivity index (χ4v) is 2.69. The SMILES string of the molecule is Cc1cccc(OC(C)CNc2ccccc2OCc2ccccc2)c1. The Morgan fingerprint density at radius 3 is 2.46 bits per heavy atom. The second kappa shape index (κ2) is 8.95. The summed E-state index contributed by atoms with van der Waals surface area (Å²) in [5.41, 5.74) is 3.32.